The van der Waals surface area contributed by atoms with Crippen molar-refractivity contribution in [3.8, 4) is 5.75 Å². The molecule has 1 amide bonds. The van der Waals surface area contributed by atoms with Gasteiger partial charge in [-0.3, -0.25) is 4.79 Å². The van der Waals surface area contributed by atoms with E-state index in [2.05, 4.69) is 15.9 Å². The topological polar surface area (TPSA) is 29.5 Å². The number of hydrogen-bond acceptors (Lipinski definition) is 3. The zero-order chi connectivity index (χ0) is 17.3. The maximum atomic E-state index is 14.1. The highest BCUT2D eigenvalue weighted by Crippen LogP contribution is 2.44. The van der Waals surface area contributed by atoms with Gasteiger partial charge in [0.1, 0.15) is 16.9 Å². The summed E-state index contributed by atoms with van der Waals surface area (Å²) in [5.74, 6) is 0.438. The molecule has 1 heterocycles. The summed E-state index contributed by atoms with van der Waals surface area (Å²) in [6, 6.07) is 9.90. The molecule has 1 saturated heterocycles. The minimum atomic E-state index is -0.607. The summed E-state index contributed by atoms with van der Waals surface area (Å²) in [5.41, 5.74) is 0.788. The predicted octanol–water partition coefficient (Wildman–Crippen LogP) is 5.14. The van der Waals surface area contributed by atoms with Gasteiger partial charge in [-0.2, -0.15) is 0 Å². The zero-order valence-corrected chi connectivity index (χ0v) is 15.9. The van der Waals surface area contributed by atoms with Gasteiger partial charge in [0.25, 0.3) is 5.91 Å². The van der Waals surface area contributed by atoms with Crippen LogP contribution in [-0.4, -0.2) is 30.2 Å². The molecular formula is C17H14BrClFNO2S. The van der Waals surface area contributed by atoms with E-state index in [4.69, 9.17) is 16.3 Å². The van der Waals surface area contributed by atoms with Crippen molar-refractivity contribution in [1.82, 2.24) is 4.90 Å². The Bertz CT molecular complexity index is 769. The molecule has 7 heteroatoms. The van der Waals surface area contributed by atoms with Gasteiger partial charge >= 0.3 is 0 Å². The van der Waals surface area contributed by atoms with Gasteiger partial charge in [0, 0.05) is 22.3 Å². The predicted molar refractivity (Wildman–Crippen MR) is 98.3 cm³/mol. The van der Waals surface area contributed by atoms with Crippen molar-refractivity contribution in [3.63, 3.8) is 0 Å². The average molecular weight is 431 g/mol. The highest BCUT2D eigenvalue weighted by Gasteiger charge is 2.35. The number of methoxy groups -OCH3 is 1. The third-order valence-corrected chi connectivity index (χ3v) is 5.84. The van der Waals surface area contributed by atoms with Crippen LogP contribution < -0.4 is 4.74 Å². The molecule has 0 saturated carbocycles. The van der Waals surface area contributed by atoms with Gasteiger partial charge in [0.2, 0.25) is 0 Å². The van der Waals surface area contributed by atoms with E-state index >= 15 is 0 Å². The first-order chi connectivity index (χ1) is 11.5. The summed E-state index contributed by atoms with van der Waals surface area (Å²) in [6.07, 6.45) is 0. The van der Waals surface area contributed by atoms with Gasteiger partial charge in [0.15, 0.2) is 0 Å². The molecule has 1 fully saturated rings. The smallest absolute Gasteiger partial charge is 0.259 e. The number of amides is 1. The second-order valence-electron chi connectivity index (χ2n) is 5.20. The molecule has 0 N–H and O–H groups in total. The lowest BCUT2D eigenvalue weighted by atomic mass is 10.1. The van der Waals surface area contributed by atoms with E-state index in [1.54, 1.807) is 23.8 Å². The van der Waals surface area contributed by atoms with E-state index in [-0.39, 0.29) is 16.0 Å². The van der Waals surface area contributed by atoms with Gasteiger partial charge in [-0.25, -0.2) is 4.39 Å². The Balaban J connectivity index is 2.00. The average Bonchev–Trinajstić information content (AvgIpc) is 3.04. The molecule has 3 rings (SSSR count). The van der Waals surface area contributed by atoms with Crippen molar-refractivity contribution in [2.24, 2.45) is 0 Å². The molecule has 2 aromatic carbocycles. The molecule has 126 valence electrons. The summed E-state index contributed by atoms with van der Waals surface area (Å²) in [4.78, 5) is 14.5. The number of carbonyl (C=O) groups is 1. The molecule has 0 aromatic heterocycles. The summed E-state index contributed by atoms with van der Waals surface area (Å²) in [7, 11) is 1.59. The monoisotopic (exact) mass is 429 g/mol. The minimum Gasteiger partial charge on any atom is -0.496 e. The minimum absolute atomic E-state index is 0.0827. The molecule has 1 atom stereocenters. The molecule has 0 bridgehead atoms. The summed E-state index contributed by atoms with van der Waals surface area (Å²) in [5, 5.41) is -0.127. The van der Waals surface area contributed by atoms with Crippen LogP contribution >= 0.6 is 39.3 Å². The molecule has 0 radical (unpaired) electrons. The molecule has 1 aliphatic rings. The third kappa shape index (κ3) is 3.27. The lowest BCUT2D eigenvalue weighted by molar-refractivity contribution is 0.0755. The number of thioether (sulfide) groups is 1. The van der Waals surface area contributed by atoms with Crippen LogP contribution in [0.3, 0.4) is 0 Å². The Kier molecular flexibility index (Phi) is 5.37. The van der Waals surface area contributed by atoms with Crippen LogP contribution in [0.1, 0.15) is 21.3 Å². The Labute approximate surface area is 157 Å². The van der Waals surface area contributed by atoms with Crippen LogP contribution in [0.25, 0.3) is 0 Å². The van der Waals surface area contributed by atoms with Gasteiger partial charge in [-0.1, -0.05) is 33.6 Å². The fraction of sp³-hybridized carbons (Fsp3) is 0.235. The van der Waals surface area contributed by atoms with Crippen molar-refractivity contribution in [2.75, 3.05) is 19.4 Å². The van der Waals surface area contributed by atoms with Crippen LogP contribution in [0.5, 0.6) is 5.75 Å². The summed E-state index contributed by atoms with van der Waals surface area (Å²) >= 11 is 11.1. The lowest BCUT2D eigenvalue weighted by Crippen LogP contribution is -2.31. The number of carbonyl (C=O) groups excluding carboxylic acids is 1. The van der Waals surface area contributed by atoms with Gasteiger partial charge < -0.3 is 9.64 Å². The Hall–Kier alpha value is -1.24. The number of hydrogen-bond donors (Lipinski definition) is 0. The standard InChI is InChI=1S/C17H14BrClFNO2S/c1-23-14-6-5-10(18)9-11(14)17-21(7-8-24-17)16(22)15-12(19)3-2-4-13(15)20/h2-6,9,17H,7-8H2,1H3. The first-order valence-electron chi connectivity index (χ1n) is 7.23. The maximum absolute atomic E-state index is 14.1. The first kappa shape index (κ1) is 17.6. The molecule has 24 heavy (non-hydrogen) atoms. The van der Waals surface area contributed by atoms with Crippen LogP contribution in [0, 0.1) is 5.82 Å². The van der Waals surface area contributed by atoms with Crippen molar-refractivity contribution in [1.29, 1.82) is 0 Å². The lowest BCUT2D eigenvalue weighted by Gasteiger charge is -2.26. The number of rotatable bonds is 3. The van der Waals surface area contributed by atoms with Crippen LogP contribution in [-0.2, 0) is 0 Å². The normalized spacial score (nSPS) is 17.2. The summed E-state index contributed by atoms with van der Waals surface area (Å²) < 4.78 is 20.4. The highest BCUT2D eigenvalue weighted by molar-refractivity contribution is 9.10. The van der Waals surface area contributed by atoms with E-state index in [1.165, 1.54) is 18.2 Å². The fourth-order valence-corrected chi connectivity index (χ4v) is 4.57. The number of nitrogens with zero attached hydrogens (tertiary/aromatic N) is 1. The van der Waals surface area contributed by atoms with E-state index in [9.17, 15) is 9.18 Å². The second-order valence-corrected chi connectivity index (χ2v) is 7.72. The van der Waals surface area contributed by atoms with Crippen molar-refractivity contribution in [2.45, 2.75) is 5.37 Å². The van der Waals surface area contributed by atoms with Crippen molar-refractivity contribution < 1.29 is 13.9 Å². The fourth-order valence-electron chi connectivity index (χ4n) is 2.68. The van der Waals surface area contributed by atoms with Gasteiger partial charge in [-0.15, -0.1) is 11.8 Å². The molecule has 0 spiro atoms. The molecule has 2 aromatic rings. The van der Waals surface area contributed by atoms with Crippen LogP contribution in [0.4, 0.5) is 4.39 Å². The van der Waals surface area contributed by atoms with E-state index < -0.39 is 11.7 Å². The highest BCUT2D eigenvalue weighted by atomic mass is 79.9. The Morgan fingerprint density at radius 2 is 2.21 bits per heavy atom. The molecule has 0 aliphatic carbocycles. The van der Waals surface area contributed by atoms with Crippen LogP contribution in [0.15, 0.2) is 40.9 Å². The largest absolute Gasteiger partial charge is 0.496 e. The number of halogens is 3. The Morgan fingerprint density at radius 3 is 2.92 bits per heavy atom. The van der Waals surface area contributed by atoms with Gasteiger partial charge in [0.05, 0.1) is 17.7 Å². The quantitative estimate of drug-likeness (QED) is 0.675. The number of ether oxygens (including phenoxy) is 1. The van der Waals surface area contributed by atoms with Gasteiger partial charge in [-0.05, 0) is 30.3 Å². The van der Waals surface area contributed by atoms with Crippen molar-refractivity contribution >= 4 is 45.2 Å². The maximum Gasteiger partial charge on any atom is 0.259 e. The Morgan fingerprint density at radius 1 is 1.42 bits per heavy atom. The van der Waals surface area contributed by atoms with E-state index in [1.807, 2.05) is 18.2 Å². The molecule has 1 unspecified atom stereocenters. The SMILES string of the molecule is COc1ccc(Br)cc1C1SCCN1C(=O)c1c(F)cccc1Cl. The zero-order valence-electron chi connectivity index (χ0n) is 12.8. The first-order valence-corrected chi connectivity index (χ1v) is 9.45. The van der Waals surface area contributed by atoms with Crippen LogP contribution in [0.2, 0.25) is 5.02 Å². The number of benzene rings is 2. The summed E-state index contributed by atoms with van der Waals surface area (Å²) in [6.45, 7) is 0.522. The second kappa shape index (κ2) is 7.33. The van der Waals surface area contributed by atoms with Crippen molar-refractivity contribution in [3.05, 3.63) is 62.8 Å². The molecule has 3 nitrogen and oxygen atoms in total. The van der Waals surface area contributed by atoms with E-state index in [0.717, 1.165) is 15.8 Å². The molecule has 1 aliphatic heterocycles. The van der Waals surface area contributed by atoms with E-state index in [0.29, 0.717) is 12.3 Å². The molecular weight excluding hydrogens is 417 g/mol. The third-order valence-electron chi connectivity index (χ3n) is 3.79.